The van der Waals surface area contributed by atoms with Gasteiger partial charge in [0.15, 0.2) is 16.7 Å². The van der Waals surface area contributed by atoms with Crippen LogP contribution in [0.3, 0.4) is 0 Å². The minimum atomic E-state index is -0.459. The Bertz CT molecular complexity index is 659. The van der Waals surface area contributed by atoms with Gasteiger partial charge in [0.2, 0.25) is 0 Å². The van der Waals surface area contributed by atoms with Gasteiger partial charge in [-0.25, -0.2) is 4.39 Å². The van der Waals surface area contributed by atoms with Crippen molar-refractivity contribution in [1.82, 2.24) is 14.8 Å². The number of aryl methyl sites for hydroxylation is 1. The number of methoxy groups -OCH3 is 1. The molecule has 0 atom stereocenters. The van der Waals surface area contributed by atoms with E-state index in [0.29, 0.717) is 5.69 Å². The molecule has 112 valence electrons. The highest BCUT2D eigenvalue weighted by atomic mass is 32.2. The molecule has 5 nitrogen and oxygen atoms in total. The van der Waals surface area contributed by atoms with Crippen molar-refractivity contribution in [1.29, 1.82) is 0 Å². The van der Waals surface area contributed by atoms with E-state index in [9.17, 15) is 4.39 Å². The molecule has 0 amide bonds. The van der Waals surface area contributed by atoms with Crippen molar-refractivity contribution in [3.05, 3.63) is 23.8 Å². The van der Waals surface area contributed by atoms with Crippen molar-refractivity contribution in [2.45, 2.75) is 42.3 Å². The second-order valence-electron chi connectivity index (χ2n) is 4.99. The molecule has 0 unspecified atom stereocenters. The maximum absolute atomic E-state index is 13.6. The lowest BCUT2D eigenvalue weighted by Gasteiger charge is -2.10. The average molecular weight is 308 g/mol. The Morgan fingerprint density at radius 1 is 1.29 bits per heavy atom. The fourth-order valence-corrected chi connectivity index (χ4v) is 3.36. The van der Waals surface area contributed by atoms with Crippen molar-refractivity contribution in [2.75, 3.05) is 12.8 Å². The van der Waals surface area contributed by atoms with Crippen molar-refractivity contribution in [2.24, 2.45) is 0 Å². The Balaban J connectivity index is 1.92. The Morgan fingerprint density at radius 3 is 2.95 bits per heavy atom. The van der Waals surface area contributed by atoms with Gasteiger partial charge in [-0.05, 0) is 30.7 Å². The van der Waals surface area contributed by atoms with E-state index in [1.807, 2.05) is 0 Å². The highest BCUT2D eigenvalue weighted by Gasteiger charge is 2.17. The topological polar surface area (TPSA) is 66.0 Å². The first-order chi connectivity index (χ1) is 10.2. The minimum absolute atomic E-state index is 0.183. The Hall–Kier alpha value is -1.76. The van der Waals surface area contributed by atoms with Crippen LogP contribution in [-0.4, -0.2) is 21.9 Å². The lowest BCUT2D eigenvalue weighted by Crippen LogP contribution is -2.02. The molecule has 21 heavy (non-hydrogen) atoms. The number of nitrogens with zero attached hydrogens (tertiary/aromatic N) is 3. The van der Waals surface area contributed by atoms with E-state index < -0.39 is 5.82 Å². The monoisotopic (exact) mass is 308 g/mol. The fourth-order valence-electron chi connectivity index (χ4n) is 2.43. The summed E-state index contributed by atoms with van der Waals surface area (Å²) in [5.74, 6) is 0.740. The number of halogens is 1. The summed E-state index contributed by atoms with van der Waals surface area (Å²) in [4.78, 5) is 0.729. The van der Waals surface area contributed by atoms with Gasteiger partial charge in [-0.1, -0.05) is 6.42 Å². The van der Waals surface area contributed by atoms with Gasteiger partial charge >= 0.3 is 0 Å². The first kappa shape index (κ1) is 14.2. The molecule has 0 spiro atoms. The molecule has 0 fully saturated rings. The summed E-state index contributed by atoms with van der Waals surface area (Å²) < 4.78 is 20.7. The van der Waals surface area contributed by atoms with Gasteiger partial charge in [0.25, 0.3) is 0 Å². The molecular formula is C14H17FN4OS. The molecule has 0 aliphatic carbocycles. The third kappa shape index (κ3) is 2.83. The summed E-state index contributed by atoms with van der Waals surface area (Å²) in [5, 5.41) is 9.29. The number of hydrogen-bond acceptors (Lipinski definition) is 5. The highest BCUT2D eigenvalue weighted by molar-refractivity contribution is 7.99. The number of fused-ring (bicyclic) bond motifs is 1. The molecule has 1 aromatic heterocycles. The van der Waals surface area contributed by atoms with E-state index in [4.69, 9.17) is 10.5 Å². The number of anilines is 1. The van der Waals surface area contributed by atoms with Gasteiger partial charge in [-0.2, -0.15) is 0 Å². The summed E-state index contributed by atoms with van der Waals surface area (Å²) in [6.45, 7) is 0.920. The molecule has 1 aromatic carbocycles. The zero-order valence-electron chi connectivity index (χ0n) is 11.8. The van der Waals surface area contributed by atoms with E-state index in [0.717, 1.165) is 41.7 Å². The van der Waals surface area contributed by atoms with E-state index in [-0.39, 0.29) is 5.75 Å². The Labute approximate surface area is 126 Å². The van der Waals surface area contributed by atoms with E-state index >= 15 is 0 Å². The van der Waals surface area contributed by atoms with Crippen molar-refractivity contribution >= 4 is 17.4 Å². The predicted molar refractivity (Wildman–Crippen MR) is 79.1 cm³/mol. The fraction of sp³-hybridized carbons (Fsp3) is 0.429. The van der Waals surface area contributed by atoms with Crippen LogP contribution >= 0.6 is 11.8 Å². The Kier molecular flexibility index (Phi) is 4.01. The summed E-state index contributed by atoms with van der Waals surface area (Å²) in [6.07, 6.45) is 4.44. The largest absolute Gasteiger partial charge is 0.494 e. The first-order valence-electron chi connectivity index (χ1n) is 6.92. The number of rotatable bonds is 3. The molecule has 7 heteroatoms. The number of nitrogen functional groups attached to an aromatic ring is 1. The number of nitrogens with two attached hydrogens (primary N) is 1. The first-order valence-corrected chi connectivity index (χ1v) is 7.73. The SMILES string of the molecule is COc1cc(Sc2nnc3n2CCCCC3)c(N)cc1F. The van der Waals surface area contributed by atoms with Crippen LogP contribution in [0.25, 0.3) is 0 Å². The zero-order chi connectivity index (χ0) is 14.8. The second kappa shape index (κ2) is 5.93. The predicted octanol–water partition coefficient (Wildman–Crippen LogP) is 2.89. The molecule has 1 aliphatic heterocycles. The molecule has 0 bridgehead atoms. The zero-order valence-corrected chi connectivity index (χ0v) is 12.6. The third-order valence-corrected chi connectivity index (χ3v) is 4.62. The van der Waals surface area contributed by atoms with Gasteiger partial charge in [-0.15, -0.1) is 10.2 Å². The lowest BCUT2D eigenvalue weighted by atomic mass is 10.2. The summed E-state index contributed by atoms with van der Waals surface area (Å²) in [5.41, 5.74) is 6.27. The van der Waals surface area contributed by atoms with Crippen LogP contribution < -0.4 is 10.5 Å². The van der Waals surface area contributed by atoms with Crippen LogP contribution in [0, 0.1) is 5.82 Å². The van der Waals surface area contributed by atoms with Crippen LogP contribution in [0.2, 0.25) is 0 Å². The summed E-state index contributed by atoms with van der Waals surface area (Å²) in [7, 11) is 1.44. The van der Waals surface area contributed by atoms with Crippen LogP contribution in [-0.2, 0) is 13.0 Å². The number of aromatic nitrogens is 3. The standard InChI is InChI=1S/C14H17FN4OS/c1-20-11-8-12(10(16)7-9(11)15)21-14-18-17-13-5-3-2-4-6-19(13)14/h7-8H,2-6,16H2,1H3. The summed E-state index contributed by atoms with van der Waals surface area (Å²) in [6, 6.07) is 2.88. The maximum atomic E-state index is 13.6. The van der Waals surface area contributed by atoms with Crippen LogP contribution in [0.4, 0.5) is 10.1 Å². The minimum Gasteiger partial charge on any atom is -0.494 e. The quantitative estimate of drug-likeness (QED) is 0.883. The number of hydrogen-bond donors (Lipinski definition) is 1. The molecule has 2 aromatic rings. The van der Waals surface area contributed by atoms with Crippen LogP contribution in [0.1, 0.15) is 25.1 Å². The van der Waals surface area contributed by atoms with E-state index in [1.54, 1.807) is 6.07 Å². The molecule has 2 heterocycles. The average Bonchev–Trinajstić information content (AvgIpc) is 2.70. The molecular weight excluding hydrogens is 291 g/mol. The normalized spacial score (nSPS) is 14.6. The second-order valence-corrected chi connectivity index (χ2v) is 6.00. The van der Waals surface area contributed by atoms with Crippen molar-refractivity contribution < 1.29 is 9.13 Å². The van der Waals surface area contributed by atoms with Gasteiger partial charge in [0.1, 0.15) is 5.82 Å². The molecule has 2 N–H and O–H groups in total. The molecule has 0 radical (unpaired) electrons. The Morgan fingerprint density at radius 2 is 2.14 bits per heavy atom. The lowest BCUT2D eigenvalue weighted by molar-refractivity contribution is 0.385. The maximum Gasteiger partial charge on any atom is 0.196 e. The smallest absolute Gasteiger partial charge is 0.196 e. The molecule has 1 aliphatic rings. The third-order valence-electron chi connectivity index (χ3n) is 3.56. The molecule has 0 saturated carbocycles. The number of benzene rings is 1. The van der Waals surface area contributed by atoms with Gasteiger partial charge in [0, 0.05) is 29.6 Å². The van der Waals surface area contributed by atoms with Gasteiger partial charge in [-0.3, -0.25) is 0 Å². The van der Waals surface area contributed by atoms with E-state index in [1.165, 1.54) is 31.4 Å². The van der Waals surface area contributed by atoms with Gasteiger partial charge in [0.05, 0.1) is 7.11 Å². The molecule has 3 rings (SSSR count). The van der Waals surface area contributed by atoms with Crippen LogP contribution in [0.5, 0.6) is 5.75 Å². The van der Waals surface area contributed by atoms with Crippen molar-refractivity contribution in [3.8, 4) is 5.75 Å². The van der Waals surface area contributed by atoms with Gasteiger partial charge < -0.3 is 15.0 Å². The molecule has 0 saturated heterocycles. The van der Waals surface area contributed by atoms with Crippen molar-refractivity contribution in [3.63, 3.8) is 0 Å². The van der Waals surface area contributed by atoms with E-state index in [2.05, 4.69) is 14.8 Å². The van der Waals surface area contributed by atoms with Crippen LogP contribution in [0.15, 0.2) is 22.2 Å². The highest BCUT2D eigenvalue weighted by Crippen LogP contribution is 2.36. The summed E-state index contributed by atoms with van der Waals surface area (Å²) >= 11 is 1.40. The number of ether oxygens (including phenoxy) is 1.